The molecule has 0 aliphatic heterocycles. The molecule has 0 saturated heterocycles. The number of aromatic hydroxyl groups is 2. The Balaban J connectivity index is 0. The Bertz CT molecular complexity index is 1050. The molecule has 0 aliphatic carbocycles. The van der Waals surface area contributed by atoms with E-state index < -0.39 is 64.6 Å². The number of carbonyl (C=O) groups is 2. The van der Waals surface area contributed by atoms with E-state index >= 15 is 0 Å². The van der Waals surface area contributed by atoms with Gasteiger partial charge in [-0.2, -0.15) is 16.8 Å². The van der Waals surface area contributed by atoms with Crippen molar-refractivity contribution >= 4 is 32.2 Å². The Hall–Kier alpha value is -1.20. The SMILES string of the molecule is O=C([O-])c1ccc(S(=O)(=O)O)cc1O.O=C([O-])c1ccc(S(=O)(=O)O)cc1O.[Na+].[Na+]. The molecule has 16 heteroatoms. The van der Waals surface area contributed by atoms with Gasteiger partial charge in [0.1, 0.15) is 11.5 Å². The fraction of sp³-hybridized carbons (Fsp3) is 0. The van der Waals surface area contributed by atoms with Gasteiger partial charge in [-0.1, -0.05) is 0 Å². The van der Waals surface area contributed by atoms with Crippen molar-refractivity contribution in [3.05, 3.63) is 47.5 Å². The number of carboxylic acids is 2. The Kier molecular flexibility index (Phi) is 12.4. The number of hydrogen-bond acceptors (Lipinski definition) is 10. The standard InChI is InChI=1S/2C7H6O6S.2Na/c2*8-6-3-4(14(11,12)13)1-2-5(6)7(9)10;;/h2*1-3,8H,(H,9,10)(H,11,12,13);;/q;;2*+1/p-2. The first kappa shape index (κ1) is 31.0. The average Bonchev–Trinajstić information content (AvgIpc) is 2.52. The predicted molar refractivity (Wildman–Crippen MR) is 84.5 cm³/mol. The second kappa shape index (κ2) is 12.0. The zero-order valence-electron chi connectivity index (χ0n) is 15.3. The van der Waals surface area contributed by atoms with E-state index in [1.54, 1.807) is 0 Å². The summed E-state index contributed by atoms with van der Waals surface area (Å²) in [5.41, 5.74) is -1.09. The van der Waals surface area contributed by atoms with Crippen molar-refractivity contribution in [2.24, 2.45) is 0 Å². The molecule has 0 atom stereocenters. The van der Waals surface area contributed by atoms with Crippen LogP contribution in [-0.4, -0.2) is 48.1 Å². The monoisotopic (exact) mass is 480 g/mol. The van der Waals surface area contributed by atoms with Gasteiger partial charge in [-0.05, 0) is 24.3 Å². The molecule has 0 spiro atoms. The summed E-state index contributed by atoms with van der Waals surface area (Å²) < 4.78 is 59.3. The molecule has 0 aromatic heterocycles. The maximum atomic E-state index is 10.5. The molecule has 30 heavy (non-hydrogen) atoms. The largest absolute Gasteiger partial charge is 1.00 e. The topological polar surface area (TPSA) is 229 Å². The van der Waals surface area contributed by atoms with Crippen molar-refractivity contribution in [1.82, 2.24) is 0 Å². The van der Waals surface area contributed by atoms with Crippen LogP contribution in [0.2, 0.25) is 0 Å². The summed E-state index contributed by atoms with van der Waals surface area (Å²) in [6, 6.07) is 4.60. The van der Waals surface area contributed by atoms with Crippen LogP contribution in [0.1, 0.15) is 20.7 Å². The second-order valence-corrected chi connectivity index (χ2v) is 7.73. The zero-order valence-corrected chi connectivity index (χ0v) is 21.0. The molecule has 0 amide bonds. The Morgan fingerprint density at radius 2 is 0.933 bits per heavy atom. The summed E-state index contributed by atoms with van der Waals surface area (Å²) in [5.74, 6) is -4.82. The minimum atomic E-state index is -4.44. The zero-order chi connectivity index (χ0) is 21.9. The molecule has 2 rings (SSSR count). The van der Waals surface area contributed by atoms with Crippen LogP contribution < -0.4 is 69.3 Å². The van der Waals surface area contributed by atoms with Gasteiger partial charge in [0.05, 0.1) is 21.7 Å². The number of carboxylic acid groups (broad SMARTS) is 2. The third-order valence-electron chi connectivity index (χ3n) is 2.97. The molecule has 0 heterocycles. The molecule has 0 radical (unpaired) electrons. The van der Waals surface area contributed by atoms with E-state index in [-0.39, 0.29) is 59.1 Å². The first-order valence-electron chi connectivity index (χ1n) is 6.68. The molecule has 4 N–H and O–H groups in total. The number of benzene rings is 2. The molecule has 0 saturated carbocycles. The molecule has 2 aromatic rings. The van der Waals surface area contributed by atoms with E-state index in [2.05, 4.69) is 0 Å². The van der Waals surface area contributed by atoms with Gasteiger partial charge in [-0.15, -0.1) is 0 Å². The van der Waals surface area contributed by atoms with Crippen LogP contribution in [-0.2, 0) is 20.2 Å². The molecular formula is C14H10Na2O12S2. The molecule has 0 aliphatic rings. The van der Waals surface area contributed by atoms with E-state index in [1.165, 1.54) is 0 Å². The van der Waals surface area contributed by atoms with Crippen LogP contribution in [0.4, 0.5) is 0 Å². The van der Waals surface area contributed by atoms with Crippen LogP contribution in [0.25, 0.3) is 0 Å². The van der Waals surface area contributed by atoms with Gasteiger partial charge in [0.15, 0.2) is 0 Å². The minimum Gasteiger partial charge on any atom is -0.545 e. The van der Waals surface area contributed by atoms with Crippen molar-refractivity contribution < 1.29 is 115 Å². The van der Waals surface area contributed by atoms with Gasteiger partial charge in [-0.3, -0.25) is 9.11 Å². The smallest absolute Gasteiger partial charge is 0.545 e. The maximum Gasteiger partial charge on any atom is 1.00 e. The quantitative estimate of drug-likeness (QED) is 0.236. The Morgan fingerprint density at radius 1 is 0.667 bits per heavy atom. The van der Waals surface area contributed by atoms with E-state index in [0.717, 1.165) is 24.3 Å². The normalized spacial score (nSPS) is 10.5. The van der Waals surface area contributed by atoms with E-state index in [0.29, 0.717) is 12.1 Å². The van der Waals surface area contributed by atoms with E-state index in [9.17, 15) is 36.6 Å². The number of aromatic carboxylic acids is 2. The summed E-state index contributed by atoms with van der Waals surface area (Å²) in [6.07, 6.45) is 0. The first-order chi connectivity index (χ1) is 12.6. The summed E-state index contributed by atoms with van der Waals surface area (Å²) in [4.78, 5) is 19.4. The molecule has 0 bridgehead atoms. The van der Waals surface area contributed by atoms with Crippen LogP contribution in [0.3, 0.4) is 0 Å². The molecular weight excluding hydrogens is 470 g/mol. The van der Waals surface area contributed by atoms with Gasteiger partial charge >= 0.3 is 59.1 Å². The number of phenols is 2. The third kappa shape index (κ3) is 8.89. The number of carbonyl (C=O) groups excluding carboxylic acids is 2. The number of rotatable bonds is 4. The summed E-state index contributed by atoms with van der Waals surface area (Å²) in [5, 5.41) is 38.7. The molecule has 12 nitrogen and oxygen atoms in total. The van der Waals surface area contributed by atoms with Crippen LogP contribution in [0.5, 0.6) is 11.5 Å². The fourth-order valence-corrected chi connectivity index (χ4v) is 2.69. The Morgan fingerprint density at radius 3 is 1.10 bits per heavy atom. The van der Waals surface area contributed by atoms with Crippen molar-refractivity contribution in [1.29, 1.82) is 0 Å². The number of hydrogen-bond donors (Lipinski definition) is 4. The van der Waals surface area contributed by atoms with E-state index in [4.69, 9.17) is 19.3 Å². The second-order valence-electron chi connectivity index (χ2n) is 4.88. The molecule has 152 valence electrons. The Labute approximate surface area is 214 Å². The van der Waals surface area contributed by atoms with Crippen LogP contribution >= 0.6 is 0 Å². The van der Waals surface area contributed by atoms with Gasteiger partial charge < -0.3 is 30.0 Å². The van der Waals surface area contributed by atoms with Gasteiger partial charge in [0.2, 0.25) is 0 Å². The summed E-state index contributed by atoms with van der Waals surface area (Å²) in [6.45, 7) is 0. The third-order valence-corrected chi connectivity index (χ3v) is 4.67. The predicted octanol–water partition coefficient (Wildman–Crippen LogP) is -7.99. The van der Waals surface area contributed by atoms with Crippen molar-refractivity contribution in [3.8, 4) is 11.5 Å². The summed E-state index contributed by atoms with van der Waals surface area (Å²) in [7, 11) is -8.88. The fourth-order valence-electron chi connectivity index (χ4n) is 1.69. The summed E-state index contributed by atoms with van der Waals surface area (Å²) >= 11 is 0. The maximum absolute atomic E-state index is 10.5. The first-order valence-corrected chi connectivity index (χ1v) is 9.56. The van der Waals surface area contributed by atoms with Crippen LogP contribution in [0, 0.1) is 0 Å². The average molecular weight is 480 g/mol. The van der Waals surface area contributed by atoms with Gasteiger partial charge in [-0.25, -0.2) is 0 Å². The molecule has 0 fully saturated rings. The van der Waals surface area contributed by atoms with Crippen LogP contribution in [0.15, 0.2) is 46.2 Å². The minimum absolute atomic E-state index is 0. The molecule has 2 aromatic carbocycles. The van der Waals surface area contributed by atoms with E-state index in [1.807, 2.05) is 0 Å². The van der Waals surface area contributed by atoms with Crippen molar-refractivity contribution in [2.45, 2.75) is 9.79 Å². The van der Waals surface area contributed by atoms with Gasteiger partial charge in [0.25, 0.3) is 20.2 Å². The molecule has 0 unspecified atom stereocenters. The van der Waals surface area contributed by atoms with Gasteiger partial charge in [0, 0.05) is 23.3 Å². The van der Waals surface area contributed by atoms with Crippen molar-refractivity contribution in [2.75, 3.05) is 0 Å². The van der Waals surface area contributed by atoms with Crippen molar-refractivity contribution in [3.63, 3.8) is 0 Å².